The molecule has 1 amide bonds. The molecular formula is C6H12BNO. The molecule has 1 aliphatic rings. The van der Waals surface area contributed by atoms with Crippen molar-refractivity contribution in [2.75, 3.05) is 6.54 Å². The Kier molecular flexibility index (Phi) is 3.06. The number of carbonyl (C=O) groups is 1. The molecular weight excluding hydrogens is 113 g/mol. The fourth-order valence-electron chi connectivity index (χ4n) is 0.862. The zero-order valence-corrected chi connectivity index (χ0v) is 4.76. The smallest absolute Gasteiger partial charge is 0.226 e. The average molecular weight is 125 g/mol. The van der Waals surface area contributed by atoms with Gasteiger partial charge in [0.1, 0.15) is 0 Å². The molecule has 0 aromatic heterocycles. The van der Waals surface area contributed by atoms with Crippen LogP contribution in [-0.2, 0) is 4.79 Å². The largest absolute Gasteiger partial charge is 0.320 e. The van der Waals surface area contributed by atoms with E-state index in [-0.39, 0.29) is 14.3 Å². The standard InChI is InChI=1S/C6H9NO.BH3/c1-2-7-5-3-4-6(7)8;/h2H,1,3-5H2;1H3. The van der Waals surface area contributed by atoms with Crippen molar-refractivity contribution in [1.82, 2.24) is 4.90 Å². The van der Waals surface area contributed by atoms with Gasteiger partial charge in [-0.15, -0.1) is 0 Å². The maximum atomic E-state index is 10.7. The van der Waals surface area contributed by atoms with Gasteiger partial charge >= 0.3 is 0 Å². The molecule has 1 heterocycles. The highest BCUT2D eigenvalue weighted by Gasteiger charge is 2.15. The van der Waals surface area contributed by atoms with Crippen LogP contribution in [0.2, 0.25) is 0 Å². The molecule has 0 aromatic rings. The van der Waals surface area contributed by atoms with Gasteiger partial charge in [-0.1, -0.05) is 6.58 Å². The number of carbonyl (C=O) groups excluding carboxylic acids is 1. The Balaban J connectivity index is 0.000000640. The van der Waals surface area contributed by atoms with Crippen LogP contribution in [-0.4, -0.2) is 25.8 Å². The summed E-state index contributed by atoms with van der Waals surface area (Å²) >= 11 is 0. The summed E-state index contributed by atoms with van der Waals surface area (Å²) in [5.74, 6) is 0.208. The minimum atomic E-state index is 0. The van der Waals surface area contributed by atoms with Crippen LogP contribution in [0, 0.1) is 0 Å². The molecule has 1 fully saturated rings. The summed E-state index contributed by atoms with van der Waals surface area (Å²) in [6, 6.07) is 0. The molecule has 0 bridgehead atoms. The number of amides is 1. The zero-order chi connectivity index (χ0) is 5.98. The van der Waals surface area contributed by atoms with Gasteiger partial charge in [-0.05, 0) is 12.6 Å². The molecule has 0 unspecified atom stereocenters. The van der Waals surface area contributed by atoms with Crippen molar-refractivity contribution in [1.29, 1.82) is 0 Å². The normalized spacial score (nSPS) is 17.3. The summed E-state index contributed by atoms with van der Waals surface area (Å²) < 4.78 is 0. The van der Waals surface area contributed by atoms with Gasteiger partial charge in [0.05, 0.1) is 8.41 Å². The van der Waals surface area contributed by atoms with Crippen LogP contribution in [0.25, 0.3) is 0 Å². The van der Waals surface area contributed by atoms with E-state index in [1.807, 2.05) is 0 Å². The number of nitrogens with zero attached hydrogens (tertiary/aromatic N) is 1. The molecule has 0 aliphatic carbocycles. The maximum absolute atomic E-state index is 10.7. The van der Waals surface area contributed by atoms with Gasteiger partial charge in [-0.3, -0.25) is 4.79 Å². The zero-order valence-electron chi connectivity index (χ0n) is 4.76. The fourth-order valence-corrected chi connectivity index (χ4v) is 0.862. The average Bonchev–Trinajstić information content (AvgIpc) is 2.14. The SMILES string of the molecule is B.C=CN1CCCC1=O. The van der Waals surface area contributed by atoms with Crippen LogP contribution < -0.4 is 0 Å². The third-order valence-corrected chi connectivity index (χ3v) is 1.33. The fraction of sp³-hybridized carbons (Fsp3) is 0.500. The first-order valence-corrected chi connectivity index (χ1v) is 2.76. The predicted molar refractivity (Wildman–Crippen MR) is 41.1 cm³/mol. The Hall–Kier alpha value is -0.725. The van der Waals surface area contributed by atoms with Gasteiger partial charge < -0.3 is 4.90 Å². The van der Waals surface area contributed by atoms with E-state index in [1.165, 1.54) is 0 Å². The van der Waals surface area contributed by atoms with E-state index in [4.69, 9.17) is 0 Å². The first kappa shape index (κ1) is 8.27. The van der Waals surface area contributed by atoms with Gasteiger partial charge in [0, 0.05) is 13.0 Å². The predicted octanol–water partition coefficient (Wildman–Crippen LogP) is -0.432. The highest BCUT2D eigenvalue weighted by molar-refractivity contribution is 5.78. The first-order chi connectivity index (χ1) is 3.84. The number of rotatable bonds is 1. The van der Waals surface area contributed by atoms with E-state index in [9.17, 15) is 4.79 Å². The number of likely N-dealkylation sites (tertiary alicyclic amines) is 1. The van der Waals surface area contributed by atoms with E-state index in [0.717, 1.165) is 13.0 Å². The van der Waals surface area contributed by atoms with Crippen LogP contribution in [0.5, 0.6) is 0 Å². The minimum absolute atomic E-state index is 0. The van der Waals surface area contributed by atoms with Gasteiger partial charge in [0.15, 0.2) is 0 Å². The molecule has 0 saturated carbocycles. The van der Waals surface area contributed by atoms with Crippen LogP contribution in [0.1, 0.15) is 12.8 Å². The van der Waals surface area contributed by atoms with Crippen molar-refractivity contribution in [3.05, 3.63) is 12.8 Å². The Morgan fingerprint density at radius 2 is 2.33 bits per heavy atom. The Bertz CT molecular complexity index is 124. The Morgan fingerprint density at radius 1 is 1.67 bits per heavy atom. The first-order valence-electron chi connectivity index (χ1n) is 2.76. The van der Waals surface area contributed by atoms with Crippen LogP contribution >= 0.6 is 0 Å². The molecule has 0 N–H and O–H groups in total. The third-order valence-electron chi connectivity index (χ3n) is 1.33. The Labute approximate surface area is 57.1 Å². The second-order valence-corrected chi connectivity index (χ2v) is 1.87. The molecule has 0 radical (unpaired) electrons. The van der Waals surface area contributed by atoms with Crippen molar-refractivity contribution in [2.45, 2.75) is 12.8 Å². The molecule has 0 spiro atoms. The Morgan fingerprint density at radius 3 is 2.56 bits per heavy atom. The molecule has 50 valence electrons. The van der Waals surface area contributed by atoms with Gasteiger partial charge in [0.2, 0.25) is 5.91 Å². The second kappa shape index (κ2) is 3.33. The van der Waals surface area contributed by atoms with Crippen molar-refractivity contribution in [3.63, 3.8) is 0 Å². The van der Waals surface area contributed by atoms with E-state index in [2.05, 4.69) is 6.58 Å². The highest BCUT2D eigenvalue weighted by atomic mass is 16.2. The van der Waals surface area contributed by atoms with E-state index in [1.54, 1.807) is 11.1 Å². The molecule has 9 heavy (non-hydrogen) atoms. The van der Waals surface area contributed by atoms with Crippen molar-refractivity contribution >= 4 is 14.3 Å². The van der Waals surface area contributed by atoms with E-state index >= 15 is 0 Å². The molecule has 3 heteroatoms. The lowest BCUT2D eigenvalue weighted by molar-refractivity contribution is -0.125. The van der Waals surface area contributed by atoms with Crippen molar-refractivity contribution in [3.8, 4) is 0 Å². The topological polar surface area (TPSA) is 20.3 Å². The van der Waals surface area contributed by atoms with E-state index in [0.29, 0.717) is 6.42 Å². The van der Waals surface area contributed by atoms with Gasteiger partial charge in [0.25, 0.3) is 0 Å². The monoisotopic (exact) mass is 125 g/mol. The quantitative estimate of drug-likeness (QED) is 0.435. The van der Waals surface area contributed by atoms with Gasteiger partial charge in [-0.25, -0.2) is 0 Å². The molecule has 2 nitrogen and oxygen atoms in total. The van der Waals surface area contributed by atoms with Crippen LogP contribution in [0.15, 0.2) is 12.8 Å². The van der Waals surface area contributed by atoms with Crippen molar-refractivity contribution in [2.24, 2.45) is 0 Å². The lowest BCUT2D eigenvalue weighted by Gasteiger charge is -2.05. The summed E-state index contributed by atoms with van der Waals surface area (Å²) in [6.07, 6.45) is 3.28. The molecule has 1 aliphatic heterocycles. The highest BCUT2D eigenvalue weighted by Crippen LogP contribution is 2.08. The summed E-state index contributed by atoms with van der Waals surface area (Å²) in [5, 5.41) is 0. The summed E-state index contributed by atoms with van der Waals surface area (Å²) in [7, 11) is 0. The summed E-state index contributed by atoms with van der Waals surface area (Å²) in [5.41, 5.74) is 0. The molecule has 0 atom stereocenters. The number of hydrogen-bond donors (Lipinski definition) is 0. The molecule has 1 saturated heterocycles. The van der Waals surface area contributed by atoms with Crippen LogP contribution in [0.4, 0.5) is 0 Å². The third kappa shape index (κ3) is 1.59. The van der Waals surface area contributed by atoms with Crippen molar-refractivity contribution < 1.29 is 4.79 Å². The summed E-state index contributed by atoms with van der Waals surface area (Å²) in [6.45, 7) is 4.36. The number of hydrogen-bond acceptors (Lipinski definition) is 1. The van der Waals surface area contributed by atoms with E-state index < -0.39 is 0 Å². The van der Waals surface area contributed by atoms with Gasteiger partial charge in [-0.2, -0.15) is 0 Å². The summed E-state index contributed by atoms with van der Waals surface area (Å²) in [4.78, 5) is 12.3. The molecule has 1 rings (SSSR count). The van der Waals surface area contributed by atoms with Crippen LogP contribution in [0.3, 0.4) is 0 Å². The maximum Gasteiger partial charge on any atom is 0.226 e. The molecule has 0 aromatic carbocycles. The lowest BCUT2D eigenvalue weighted by Crippen LogP contribution is -2.16. The second-order valence-electron chi connectivity index (χ2n) is 1.87. The minimum Gasteiger partial charge on any atom is -0.320 e. The lowest BCUT2D eigenvalue weighted by atomic mass is 10.4.